The summed E-state index contributed by atoms with van der Waals surface area (Å²) in [7, 11) is -7.39. The Labute approximate surface area is 740 Å². The Morgan fingerprint density at radius 2 is 0.752 bits per heavy atom. The second kappa shape index (κ2) is 32.2. The molecule has 8 aromatic carbocycles. The standard InChI is InChI=1S/C22H18N4.C21H17N5.C21H19N3O2S.C20H18N4O2S.C18H17N5/c1-2-4-16-15(3-1)21-17-12-24-26-18(17)7-8-19(21)25-22(16)14-6-5-13-9-10-23-20(13)11-14;1-2-5-13-12(4-1)19-14-11-24-26-16(14)7-8-17(19)25-20(13)15-10-23-18-6-3-9-22-21(15)18;22-27(25,26)14-7-5-13(6-8-14)21-16-4-2-1-3-15(16)20-17-11-12-23-18(17)9-10-19(20)24-21;21-27(25,26)13-7-5-12(6-8-13)20-15-4-2-1-3-14(15)19-16-11-22-24-17(16)9-10-18(19)23-20;1-10-13(8-19-22-10)18-12-5-3-2-4-11(12)17-14-9-20-23-15(14)6-7-16(17)21-18/h5-8,10-12H,1-4,9H2,(H,24,26);3,6-11,23H,1-2,4-5H2,(H,24,26);5-12,24H,1-4H2,(H2,22,25,26);5-11H,1-4H2,(H,22,24)(H2,21,25,26);6-9H,2-5H2,1H3,(H,19,22)(H,20,23). The van der Waals surface area contributed by atoms with Gasteiger partial charge in [-0.05, 0) is 311 Å². The van der Waals surface area contributed by atoms with E-state index in [1.165, 1.54) is 160 Å². The lowest BCUT2D eigenvalue weighted by molar-refractivity contribution is 0.596. The van der Waals surface area contributed by atoms with Crippen LogP contribution in [0.1, 0.15) is 131 Å². The third-order valence-corrected chi connectivity index (χ3v) is 29.0. The Kier molecular flexibility index (Phi) is 19.8. The van der Waals surface area contributed by atoms with E-state index in [1.807, 2.05) is 86.0 Å². The van der Waals surface area contributed by atoms with E-state index in [9.17, 15) is 16.8 Å². The first-order valence-corrected chi connectivity index (χ1v) is 47.6. The summed E-state index contributed by atoms with van der Waals surface area (Å²) in [5, 5.41) is 59.0. The number of hydrogen-bond donors (Lipinski definition) is 9. The number of aliphatic imine (C=N–C) groups is 1. The van der Waals surface area contributed by atoms with Crippen LogP contribution in [0.15, 0.2) is 210 Å². The van der Waals surface area contributed by atoms with Crippen molar-refractivity contribution < 1.29 is 16.8 Å². The molecular weight excluding hydrogens is 1650 g/mol. The number of primary sulfonamides is 2. The maximum Gasteiger partial charge on any atom is 0.238 e. The minimum absolute atomic E-state index is 0.112. The molecule has 129 heavy (non-hydrogen) atoms. The summed E-state index contributed by atoms with van der Waals surface area (Å²) in [6.07, 6.45) is 40.9. The molecule has 6 aliphatic rings. The van der Waals surface area contributed by atoms with Crippen molar-refractivity contribution in [2.75, 3.05) is 0 Å². The highest BCUT2D eigenvalue weighted by Gasteiger charge is 2.30. The van der Waals surface area contributed by atoms with E-state index in [0.29, 0.717) is 0 Å². The number of rotatable bonds is 7. The van der Waals surface area contributed by atoms with Crippen LogP contribution in [-0.4, -0.2) is 114 Å². The molecule has 5 aliphatic carbocycles. The van der Waals surface area contributed by atoms with Crippen molar-refractivity contribution in [2.45, 2.75) is 152 Å². The van der Waals surface area contributed by atoms with Crippen molar-refractivity contribution in [1.82, 2.24) is 90.9 Å². The van der Waals surface area contributed by atoms with Gasteiger partial charge in [0.05, 0.1) is 130 Å². The molecule has 0 bridgehead atoms. The maximum absolute atomic E-state index is 11.6. The summed E-state index contributed by atoms with van der Waals surface area (Å²) < 4.78 is 46.2. The van der Waals surface area contributed by atoms with Crippen molar-refractivity contribution in [3.05, 3.63) is 262 Å². The molecule has 1 aliphatic heterocycles. The zero-order chi connectivity index (χ0) is 86.8. The van der Waals surface area contributed by atoms with Gasteiger partial charge in [-0.25, -0.2) is 47.0 Å². The van der Waals surface area contributed by atoms with E-state index in [4.69, 9.17) is 30.2 Å². The predicted octanol–water partition coefficient (Wildman–Crippen LogP) is 20.4. The van der Waals surface area contributed by atoms with E-state index < -0.39 is 20.0 Å². The Bertz CT molecular complexity index is 8200. The number of aromatic nitrogens is 18. The van der Waals surface area contributed by atoms with Gasteiger partial charge in [-0.15, -0.1) is 0 Å². The average molecular weight is 1740 g/mol. The lowest BCUT2D eigenvalue weighted by atomic mass is 9.85. The Morgan fingerprint density at radius 1 is 0.341 bits per heavy atom. The fourth-order valence-electron chi connectivity index (χ4n) is 21.1. The summed E-state index contributed by atoms with van der Waals surface area (Å²) in [5.74, 6) is 0. The topological polar surface area (TPSA) is 385 Å². The number of hydrogen-bond acceptors (Lipinski definition) is 16. The van der Waals surface area contributed by atoms with Crippen molar-refractivity contribution in [3.63, 3.8) is 0 Å². The van der Waals surface area contributed by atoms with E-state index in [0.717, 1.165) is 224 Å². The Morgan fingerprint density at radius 3 is 1.23 bits per heavy atom. The van der Waals surface area contributed by atoms with Crippen molar-refractivity contribution >= 4 is 152 Å². The number of nitrogens with zero attached hydrogens (tertiary/aromatic N) is 12. The second-order valence-corrected chi connectivity index (χ2v) is 37.8. The molecule has 638 valence electrons. The molecule has 0 spiro atoms. The number of aromatic amines is 7. The van der Waals surface area contributed by atoms with Crippen LogP contribution in [0, 0.1) is 6.92 Å². The zero-order valence-electron chi connectivity index (χ0n) is 70.9. The number of nitrogens with two attached hydrogens (primary N) is 2. The molecule has 27 heteroatoms. The van der Waals surface area contributed by atoms with Gasteiger partial charge in [-0.1, -0.05) is 36.4 Å². The van der Waals surface area contributed by atoms with Crippen LogP contribution < -0.4 is 10.3 Å². The fourth-order valence-corrected chi connectivity index (χ4v) is 22.2. The first-order valence-electron chi connectivity index (χ1n) is 44.5. The minimum atomic E-state index is -3.70. The third kappa shape index (κ3) is 14.1. The highest BCUT2D eigenvalue weighted by molar-refractivity contribution is 7.89. The van der Waals surface area contributed by atoms with Crippen molar-refractivity contribution in [3.8, 4) is 56.3 Å². The van der Waals surface area contributed by atoms with Gasteiger partial charge in [0.15, 0.2) is 0 Å². The van der Waals surface area contributed by atoms with Crippen LogP contribution >= 0.6 is 0 Å². The quantitative estimate of drug-likeness (QED) is 0.0716. The summed E-state index contributed by atoms with van der Waals surface area (Å²) >= 11 is 0. The third-order valence-electron chi connectivity index (χ3n) is 27.2. The molecular formula is C102H89N21O4S2. The molecule has 0 amide bonds. The fraction of sp³-hybridized carbons (Fsp3) is 0.216. The Hall–Kier alpha value is -14.4. The van der Waals surface area contributed by atoms with Crippen molar-refractivity contribution in [2.24, 2.45) is 15.3 Å². The Balaban J connectivity index is 0.0000000921. The normalized spacial score (nSPS) is 14.7. The number of sulfonamides is 2. The summed E-state index contributed by atoms with van der Waals surface area (Å²) in [5.41, 5.74) is 40.5. The minimum Gasteiger partial charge on any atom is -0.359 e. The van der Waals surface area contributed by atoms with Crippen molar-refractivity contribution in [1.29, 1.82) is 0 Å². The first-order chi connectivity index (χ1) is 63.1. The van der Waals surface area contributed by atoms with Gasteiger partial charge in [0.2, 0.25) is 20.0 Å². The van der Waals surface area contributed by atoms with Crippen LogP contribution in [0.2, 0.25) is 0 Å². The lowest BCUT2D eigenvalue weighted by Gasteiger charge is -2.23. The van der Waals surface area contributed by atoms with Crippen LogP contribution in [0.3, 0.4) is 0 Å². The lowest BCUT2D eigenvalue weighted by Crippen LogP contribution is -2.12. The van der Waals surface area contributed by atoms with Gasteiger partial charge < -0.3 is 9.97 Å². The number of benzene rings is 8. The molecule has 25 nitrogen and oxygen atoms in total. The predicted molar refractivity (Wildman–Crippen MR) is 511 cm³/mol. The summed E-state index contributed by atoms with van der Waals surface area (Å²) in [4.78, 5) is 41.0. The highest BCUT2D eigenvalue weighted by atomic mass is 32.2. The molecule has 0 saturated heterocycles. The number of fused-ring (bicyclic) bond motifs is 27. The van der Waals surface area contributed by atoms with Gasteiger partial charge in [0.25, 0.3) is 0 Å². The second-order valence-electron chi connectivity index (χ2n) is 34.7. The van der Waals surface area contributed by atoms with Gasteiger partial charge in [0.1, 0.15) is 0 Å². The molecule has 0 radical (unpaired) electrons. The highest BCUT2D eigenvalue weighted by Crippen LogP contribution is 2.46. The van der Waals surface area contributed by atoms with Crippen LogP contribution in [-0.2, 0) is 90.7 Å². The molecule has 0 saturated carbocycles. The molecule has 21 aromatic rings. The van der Waals surface area contributed by atoms with Gasteiger partial charge in [-0.3, -0.25) is 40.5 Å². The smallest absolute Gasteiger partial charge is 0.238 e. The first kappa shape index (κ1) is 79.3. The number of pyridine rings is 6. The molecule has 0 fully saturated rings. The average Bonchev–Trinajstić information content (AvgIpc) is 1.77. The molecule has 0 atom stereocenters. The van der Waals surface area contributed by atoms with Gasteiger partial charge in [-0.2, -0.15) is 25.5 Å². The monoisotopic (exact) mass is 1740 g/mol. The van der Waals surface area contributed by atoms with E-state index in [2.05, 4.69) is 162 Å². The SMILES string of the molecule is C1=Nc2cc(-c3nc4ccc5[nH]ncc5c4c4c3CCCC4)ccc2C1.Cc1[nH]ncc1-c1nc2ccc3[nH]ncc3c2c2c1CCCC2.NS(=O)(=O)c1ccc(-c2[nH]c3ccc4nccc4c3c3c2CCCC3)cc1.NS(=O)(=O)c1ccc(-c2nc3ccc4[nH]ncc4c3c3c2CCCC3)cc1.c1cnc2c(-c3nc4ccc5[nH]ncc5c4c4c3CCCC4)c[nH]c2c1. The van der Waals surface area contributed by atoms with Crippen LogP contribution in [0.25, 0.3) is 176 Å². The molecule has 13 aromatic heterocycles. The molecule has 27 rings (SSSR count). The molecule has 0 unspecified atom stereocenters. The van der Waals surface area contributed by atoms with Crippen LogP contribution in [0.4, 0.5) is 5.69 Å². The zero-order valence-corrected chi connectivity index (χ0v) is 72.5. The summed E-state index contributed by atoms with van der Waals surface area (Å²) in [6.45, 7) is 2.06. The summed E-state index contributed by atoms with van der Waals surface area (Å²) in [6, 6.07) is 46.9. The van der Waals surface area contributed by atoms with Crippen LogP contribution in [0.5, 0.6) is 0 Å². The van der Waals surface area contributed by atoms with E-state index in [1.54, 1.807) is 36.4 Å². The van der Waals surface area contributed by atoms with E-state index >= 15 is 0 Å². The molecule has 11 N–H and O–H groups in total. The van der Waals surface area contributed by atoms with Gasteiger partial charge in [0, 0.05) is 124 Å². The van der Waals surface area contributed by atoms with Gasteiger partial charge >= 0.3 is 0 Å². The largest absolute Gasteiger partial charge is 0.359 e. The number of aryl methyl sites for hydroxylation is 6. The molecule has 14 heterocycles. The number of H-pyrrole nitrogens is 7. The maximum atomic E-state index is 11.6. The number of nitrogens with one attached hydrogen (secondary N) is 7. The van der Waals surface area contributed by atoms with E-state index in [-0.39, 0.29) is 9.79 Å².